The van der Waals surface area contributed by atoms with E-state index in [4.69, 9.17) is 16.3 Å². The molecule has 0 aliphatic heterocycles. The molecule has 0 saturated carbocycles. The largest absolute Gasteiger partial charge is 0.497 e. The van der Waals surface area contributed by atoms with Crippen molar-refractivity contribution in [3.63, 3.8) is 0 Å². The number of methoxy groups -OCH3 is 1. The van der Waals surface area contributed by atoms with Gasteiger partial charge in [0, 0.05) is 19.5 Å². The fourth-order valence-electron chi connectivity index (χ4n) is 1.66. The molecular weight excluding hydrogens is 286 g/mol. The van der Waals surface area contributed by atoms with Crippen LogP contribution in [0.15, 0.2) is 24.3 Å². The second-order valence-electron chi connectivity index (χ2n) is 4.32. The quantitative estimate of drug-likeness (QED) is 0.547. The summed E-state index contributed by atoms with van der Waals surface area (Å²) in [6.07, 6.45) is 1.31. The molecule has 6 heteroatoms. The summed E-state index contributed by atoms with van der Waals surface area (Å²) in [7, 11) is -0.0346. The molecule has 0 amide bonds. The molecule has 1 aromatic carbocycles. The third-order valence-corrected chi connectivity index (χ3v) is 4.95. The Morgan fingerprint density at radius 3 is 2.68 bits per heavy atom. The Labute approximate surface area is 120 Å². The van der Waals surface area contributed by atoms with Gasteiger partial charge in [0.05, 0.1) is 12.9 Å². The minimum atomic E-state index is -3.22. The monoisotopic (exact) mass is 305 g/mol. The van der Waals surface area contributed by atoms with E-state index in [0.717, 1.165) is 11.3 Å². The van der Waals surface area contributed by atoms with Gasteiger partial charge in [0.25, 0.3) is 0 Å². The molecule has 0 bridgehead atoms. The number of hydrogen-bond acceptors (Lipinski definition) is 3. The summed E-state index contributed by atoms with van der Waals surface area (Å²) in [4.78, 5) is 0. The number of rotatable bonds is 8. The van der Waals surface area contributed by atoms with Gasteiger partial charge in [-0.3, -0.25) is 0 Å². The first-order valence-electron chi connectivity index (χ1n) is 6.12. The lowest BCUT2D eigenvalue weighted by Crippen LogP contribution is -2.28. The van der Waals surface area contributed by atoms with Crippen molar-refractivity contribution < 1.29 is 13.2 Å². The highest BCUT2D eigenvalue weighted by Gasteiger charge is 2.17. The first-order valence-corrected chi connectivity index (χ1v) is 8.27. The molecule has 0 aliphatic carbocycles. The van der Waals surface area contributed by atoms with Crippen molar-refractivity contribution in [2.24, 2.45) is 0 Å². The van der Waals surface area contributed by atoms with E-state index < -0.39 is 10.0 Å². The third kappa shape index (κ3) is 5.38. The lowest BCUT2D eigenvalue weighted by Gasteiger charge is -2.17. The first kappa shape index (κ1) is 16.3. The normalized spacial score (nSPS) is 11.8. The summed E-state index contributed by atoms with van der Waals surface area (Å²) in [5.74, 6) is 1.36. The average Bonchev–Trinajstić information content (AvgIpc) is 2.39. The summed E-state index contributed by atoms with van der Waals surface area (Å²) in [6.45, 7) is 0.348. The number of benzene rings is 1. The molecule has 4 nitrogen and oxygen atoms in total. The maximum absolute atomic E-state index is 12.0. The highest BCUT2D eigenvalue weighted by Crippen LogP contribution is 2.15. The summed E-state index contributed by atoms with van der Waals surface area (Å²) < 4.78 is 30.5. The van der Waals surface area contributed by atoms with Crippen molar-refractivity contribution in [1.29, 1.82) is 0 Å². The molecule has 0 spiro atoms. The maximum Gasteiger partial charge on any atom is 0.214 e. The van der Waals surface area contributed by atoms with Gasteiger partial charge in [0.2, 0.25) is 10.0 Å². The Hall–Kier alpha value is -0.780. The van der Waals surface area contributed by atoms with Gasteiger partial charge in [-0.05, 0) is 30.5 Å². The van der Waals surface area contributed by atoms with Crippen LogP contribution in [0.25, 0.3) is 0 Å². The van der Waals surface area contributed by atoms with Gasteiger partial charge < -0.3 is 4.74 Å². The van der Waals surface area contributed by atoms with Crippen molar-refractivity contribution in [1.82, 2.24) is 4.31 Å². The molecule has 108 valence electrons. The summed E-state index contributed by atoms with van der Waals surface area (Å²) >= 11 is 5.55. The van der Waals surface area contributed by atoms with Crippen molar-refractivity contribution in [2.75, 3.05) is 25.8 Å². The molecule has 0 fully saturated rings. The molecule has 0 N–H and O–H groups in total. The van der Waals surface area contributed by atoms with E-state index in [0.29, 0.717) is 25.3 Å². The molecule has 0 radical (unpaired) electrons. The lowest BCUT2D eigenvalue weighted by atomic mass is 10.2. The van der Waals surface area contributed by atoms with E-state index in [1.54, 1.807) is 14.2 Å². The predicted octanol–water partition coefficient (Wildman–Crippen LogP) is 2.48. The Kier molecular flexibility index (Phi) is 6.62. The molecule has 19 heavy (non-hydrogen) atoms. The molecule has 1 aromatic rings. The smallest absolute Gasteiger partial charge is 0.214 e. The van der Waals surface area contributed by atoms with E-state index in [2.05, 4.69) is 0 Å². The number of ether oxygens (including phenoxy) is 1. The van der Waals surface area contributed by atoms with Gasteiger partial charge >= 0.3 is 0 Å². The van der Waals surface area contributed by atoms with Crippen LogP contribution in [0.4, 0.5) is 0 Å². The van der Waals surface area contributed by atoms with E-state index >= 15 is 0 Å². The number of unbranched alkanes of at least 4 members (excludes halogenated alkanes) is 1. The van der Waals surface area contributed by atoms with Gasteiger partial charge in [-0.25, -0.2) is 12.7 Å². The Bertz CT molecular complexity index is 490. The van der Waals surface area contributed by atoms with Crippen LogP contribution in [0.2, 0.25) is 0 Å². The van der Waals surface area contributed by atoms with Crippen molar-refractivity contribution in [3.8, 4) is 5.75 Å². The zero-order valence-electron chi connectivity index (χ0n) is 11.3. The van der Waals surface area contributed by atoms with Crippen LogP contribution < -0.4 is 4.74 Å². The highest BCUT2D eigenvalue weighted by atomic mass is 35.5. The second-order valence-corrected chi connectivity index (χ2v) is 6.89. The van der Waals surface area contributed by atoms with Gasteiger partial charge in [-0.15, -0.1) is 11.6 Å². The highest BCUT2D eigenvalue weighted by molar-refractivity contribution is 7.89. The van der Waals surface area contributed by atoms with Gasteiger partial charge in [-0.2, -0.15) is 0 Å². The van der Waals surface area contributed by atoms with E-state index in [9.17, 15) is 8.42 Å². The zero-order valence-corrected chi connectivity index (χ0v) is 12.9. The van der Waals surface area contributed by atoms with Crippen LogP contribution in [0, 0.1) is 0 Å². The third-order valence-electron chi connectivity index (χ3n) is 2.80. The van der Waals surface area contributed by atoms with Crippen LogP contribution >= 0.6 is 11.6 Å². The SMILES string of the molecule is COc1cccc(CN(C)S(=O)(=O)CCCCCl)c1. The summed E-state index contributed by atoms with van der Waals surface area (Å²) in [5.41, 5.74) is 0.905. The zero-order chi connectivity index (χ0) is 14.3. The van der Waals surface area contributed by atoms with Crippen LogP contribution in [0.1, 0.15) is 18.4 Å². The lowest BCUT2D eigenvalue weighted by molar-refractivity contribution is 0.412. The minimum absolute atomic E-state index is 0.139. The van der Waals surface area contributed by atoms with E-state index in [1.807, 2.05) is 24.3 Å². The molecule has 0 atom stereocenters. The van der Waals surface area contributed by atoms with Crippen LogP contribution in [0.3, 0.4) is 0 Å². The number of nitrogens with zero attached hydrogens (tertiary/aromatic N) is 1. The van der Waals surface area contributed by atoms with Crippen LogP contribution in [-0.2, 0) is 16.6 Å². The van der Waals surface area contributed by atoms with E-state index in [-0.39, 0.29) is 5.75 Å². The van der Waals surface area contributed by atoms with Crippen molar-refractivity contribution in [3.05, 3.63) is 29.8 Å². The second kappa shape index (κ2) is 7.72. The summed E-state index contributed by atoms with van der Waals surface area (Å²) in [6, 6.07) is 7.40. The molecular formula is C13H20ClNO3S. The Morgan fingerprint density at radius 2 is 2.05 bits per heavy atom. The van der Waals surface area contributed by atoms with E-state index in [1.165, 1.54) is 4.31 Å². The van der Waals surface area contributed by atoms with Gasteiger partial charge in [0.15, 0.2) is 0 Å². The number of hydrogen-bond donors (Lipinski definition) is 0. The first-order chi connectivity index (χ1) is 8.99. The fraction of sp³-hybridized carbons (Fsp3) is 0.538. The maximum atomic E-state index is 12.0. The molecule has 1 rings (SSSR count). The van der Waals surface area contributed by atoms with Crippen molar-refractivity contribution in [2.45, 2.75) is 19.4 Å². The number of sulfonamides is 1. The number of alkyl halides is 1. The Balaban J connectivity index is 2.64. The summed E-state index contributed by atoms with van der Waals surface area (Å²) in [5, 5.41) is 0. The molecule has 0 unspecified atom stereocenters. The topological polar surface area (TPSA) is 46.6 Å². The molecule has 0 heterocycles. The van der Waals surface area contributed by atoms with Crippen LogP contribution in [0.5, 0.6) is 5.75 Å². The minimum Gasteiger partial charge on any atom is -0.497 e. The molecule has 0 aliphatic rings. The van der Waals surface area contributed by atoms with Crippen LogP contribution in [-0.4, -0.2) is 38.5 Å². The van der Waals surface area contributed by atoms with Gasteiger partial charge in [0.1, 0.15) is 5.75 Å². The van der Waals surface area contributed by atoms with Crippen molar-refractivity contribution >= 4 is 21.6 Å². The predicted molar refractivity (Wildman–Crippen MR) is 78.2 cm³/mol. The number of halogens is 1. The standard InChI is InChI=1S/C13H20ClNO3S/c1-15(19(16,17)9-4-3-8-14)11-12-6-5-7-13(10-12)18-2/h5-7,10H,3-4,8-9,11H2,1-2H3. The van der Waals surface area contributed by atoms with Gasteiger partial charge in [-0.1, -0.05) is 12.1 Å². The molecule has 0 aromatic heterocycles. The molecule has 0 saturated heterocycles. The average molecular weight is 306 g/mol. The Morgan fingerprint density at radius 1 is 1.32 bits per heavy atom. The fourth-order valence-corrected chi connectivity index (χ4v) is 3.08.